The highest BCUT2D eigenvalue weighted by molar-refractivity contribution is 8.00. The van der Waals surface area contributed by atoms with Crippen molar-refractivity contribution in [3.63, 3.8) is 0 Å². The van der Waals surface area contributed by atoms with Gasteiger partial charge in [-0.25, -0.2) is 9.97 Å². The molecule has 22 heavy (non-hydrogen) atoms. The third kappa shape index (κ3) is 3.75. The van der Waals surface area contributed by atoms with Gasteiger partial charge in [-0.1, -0.05) is 25.6 Å². The molecule has 2 aromatic rings. The first-order valence-electron chi connectivity index (χ1n) is 6.82. The van der Waals surface area contributed by atoms with Crippen LogP contribution in [-0.4, -0.2) is 27.5 Å². The number of hydrogen-bond acceptors (Lipinski definition) is 6. The minimum atomic E-state index is -0.268. The molecule has 0 saturated carbocycles. The molecule has 0 aromatic carbocycles. The Morgan fingerprint density at radius 1 is 1.27 bits per heavy atom. The van der Waals surface area contributed by atoms with Crippen molar-refractivity contribution in [2.75, 3.05) is 5.75 Å². The Morgan fingerprint density at radius 2 is 2.00 bits per heavy atom. The molecule has 2 heterocycles. The highest BCUT2D eigenvalue weighted by atomic mass is 32.2. The van der Waals surface area contributed by atoms with Crippen LogP contribution < -0.4 is 10.9 Å². The molecule has 0 bridgehead atoms. The maximum absolute atomic E-state index is 11.8. The van der Waals surface area contributed by atoms with Gasteiger partial charge in [0.15, 0.2) is 0 Å². The van der Waals surface area contributed by atoms with E-state index in [0.29, 0.717) is 0 Å². The molecule has 2 amide bonds. The van der Waals surface area contributed by atoms with Crippen LogP contribution in [0.25, 0.3) is 10.2 Å². The quantitative estimate of drug-likeness (QED) is 0.507. The molecule has 118 valence electrons. The normalized spacial score (nSPS) is 11.0. The third-order valence-electron chi connectivity index (χ3n) is 3.12. The van der Waals surface area contributed by atoms with Gasteiger partial charge in [-0.3, -0.25) is 20.4 Å². The van der Waals surface area contributed by atoms with Crippen molar-refractivity contribution in [1.82, 2.24) is 20.8 Å². The summed E-state index contributed by atoms with van der Waals surface area (Å²) in [7, 11) is 0. The van der Waals surface area contributed by atoms with Crippen LogP contribution in [0.4, 0.5) is 0 Å². The molecule has 0 unspecified atom stereocenters. The van der Waals surface area contributed by atoms with Gasteiger partial charge < -0.3 is 0 Å². The van der Waals surface area contributed by atoms with Crippen molar-refractivity contribution in [2.45, 2.75) is 32.7 Å². The average Bonchev–Trinajstić information content (AvgIpc) is 2.78. The maximum Gasteiger partial charge on any atom is 0.248 e. The molecule has 0 fully saturated rings. The second-order valence-electron chi connectivity index (χ2n) is 5.12. The smallest absolute Gasteiger partial charge is 0.248 e. The average molecular weight is 338 g/mol. The van der Waals surface area contributed by atoms with Gasteiger partial charge in [0.05, 0.1) is 5.75 Å². The molecule has 6 nitrogen and oxygen atoms in total. The van der Waals surface area contributed by atoms with Crippen molar-refractivity contribution in [2.24, 2.45) is 5.92 Å². The van der Waals surface area contributed by atoms with Crippen LogP contribution in [0.3, 0.4) is 0 Å². The van der Waals surface area contributed by atoms with Gasteiger partial charge in [0, 0.05) is 16.2 Å². The van der Waals surface area contributed by atoms with Crippen LogP contribution in [0.5, 0.6) is 0 Å². The van der Waals surface area contributed by atoms with E-state index in [1.54, 1.807) is 25.2 Å². The zero-order chi connectivity index (χ0) is 16.3. The Hall–Kier alpha value is -1.67. The minimum Gasteiger partial charge on any atom is -0.273 e. The molecule has 0 aliphatic heterocycles. The number of carbonyl (C=O) groups is 2. The second kappa shape index (κ2) is 7.06. The van der Waals surface area contributed by atoms with Gasteiger partial charge in [-0.15, -0.1) is 11.3 Å². The van der Waals surface area contributed by atoms with Crippen LogP contribution in [0, 0.1) is 19.8 Å². The molecule has 2 rings (SSSR count). The number of hydrogen-bond donors (Lipinski definition) is 2. The number of thiophene rings is 1. The zero-order valence-electron chi connectivity index (χ0n) is 12.9. The fraction of sp³-hybridized carbons (Fsp3) is 0.429. The molecule has 0 saturated heterocycles. The summed E-state index contributed by atoms with van der Waals surface area (Å²) in [6.45, 7) is 7.60. The van der Waals surface area contributed by atoms with E-state index in [1.165, 1.54) is 23.0 Å². The lowest BCUT2D eigenvalue weighted by molar-refractivity contribution is -0.129. The molecule has 2 aromatic heterocycles. The van der Waals surface area contributed by atoms with Crippen molar-refractivity contribution < 1.29 is 9.59 Å². The van der Waals surface area contributed by atoms with E-state index in [2.05, 4.69) is 20.8 Å². The summed E-state index contributed by atoms with van der Waals surface area (Å²) in [4.78, 5) is 33.8. The Bertz CT molecular complexity index is 712. The van der Waals surface area contributed by atoms with Gasteiger partial charge in [0.25, 0.3) is 0 Å². The van der Waals surface area contributed by atoms with Gasteiger partial charge in [-0.05, 0) is 19.4 Å². The highest BCUT2D eigenvalue weighted by Gasteiger charge is 2.14. The lowest BCUT2D eigenvalue weighted by Crippen LogP contribution is -2.44. The number of hydrazine groups is 1. The minimum absolute atomic E-state index is 0.175. The number of fused-ring (bicyclic) bond motifs is 1. The first-order valence-corrected chi connectivity index (χ1v) is 8.62. The van der Waals surface area contributed by atoms with Crippen LogP contribution in [0.15, 0.2) is 11.4 Å². The number of carbonyl (C=O) groups excluding carboxylic acids is 2. The molecule has 8 heteroatoms. The molecule has 0 radical (unpaired) electrons. The Labute approximate surface area is 137 Å². The molecule has 2 N–H and O–H groups in total. The predicted molar refractivity (Wildman–Crippen MR) is 88.7 cm³/mol. The summed E-state index contributed by atoms with van der Waals surface area (Å²) in [5.74, 6) is -0.480. The number of nitrogens with one attached hydrogen (secondary N) is 2. The highest BCUT2D eigenvalue weighted by Crippen LogP contribution is 2.34. The predicted octanol–water partition coefficient (Wildman–Crippen LogP) is 2.20. The van der Waals surface area contributed by atoms with Crippen molar-refractivity contribution in [3.8, 4) is 0 Å². The van der Waals surface area contributed by atoms with Crippen LogP contribution >= 0.6 is 23.1 Å². The number of aryl methyl sites for hydroxylation is 2. The van der Waals surface area contributed by atoms with Crippen LogP contribution in [0.2, 0.25) is 0 Å². The number of nitrogens with zero attached hydrogens (tertiary/aromatic N) is 2. The molecule has 0 aliphatic carbocycles. The van der Waals surface area contributed by atoms with Crippen LogP contribution in [0.1, 0.15) is 24.3 Å². The van der Waals surface area contributed by atoms with Crippen LogP contribution in [-0.2, 0) is 9.59 Å². The fourth-order valence-electron chi connectivity index (χ4n) is 1.71. The van der Waals surface area contributed by atoms with Crippen molar-refractivity contribution >= 4 is 45.1 Å². The molecular formula is C14H18N4O2S2. The lowest BCUT2D eigenvalue weighted by Gasteiger charge is -2.09. The topological polar surface area (TPSA) is 84.0 Å². The van der Waals surface area contributed by atoms with Crippen molar-refractivity contribution in [3.05, 3.63) is 16.8 Å². The van der Waals surface area contributed by atoms with E-state index in [4.69, 9.17) is 0 Å². The Morgan fingerprint density at radius 3 is 2.68 bits per heavy atom. The third-order valence-corrected chi connectivity index (χ3v) is 5.22. The first kappa shape index (κ1) is 16.7. The Balaban J connectivity index is 2.00. The maximum atomic E-state index is 11.8. The van der Waals surface area contributed by atoms with Gasteiger partial charge >= 0.3 is 0 Å². The molecule has 0 spiro atoms. The summed E-state index contributed by atoms with van der Waals surface area (Å²) in [5.41, 5.74) is 5.94. The van der Waals surface area contributed by atoms with Gasteiger partial charge in [-0.2, -0.15) is 0 Å². The first-order chi connectivity index (χ1) is 10.4. The molecule has 0 aliphatic rings. The van der Waals surface area contributed by atoms with E-state index in [-0.39, 0.29) is 23.5 Å². The summed E-state index contributed by atoms with van der Waals surface area (Å²) in [6.07, 6.45) is 1.51. The van der Waals surface area contributed by atoms with Gasteiger partial charge in [0.1, 0.15) is 16.2 Å². The number of thioether (sulfide) groups is 1. The van der Waals surface area contributed by atoms with E-state index in [0.717, 1.165) is 20.8 Å². The fourth-order valence-corrected chi connectivity index (χ4v) is 3.62. The number of aromatic nitrogens is 2. The lowest BCUT2D eigenvalue weighted by atomic mass is 10.2. The van der Waals surface area contributed by atoms with E-state index >= 15 is 0 Å². The van der Waals surface area contributed by atoms with E-state index < -0.39 is 0 Å². The van der Waals surface area contributed by atoms with E-state index in [1.807, 2.05) is 13.8 Å². The molecular weight excluding hydrogens is 320 g/mol. The zero-order valence-corrected chi connectivity index (χ0v) is 14.5. The number of amides is 2. The summed E-state index contributed by atoms with van der Waals surface area (Å²) < 4.78 is 0. The summed E-state index contributed by atoms with van der Waals surface area (Å²) in [6, 6.07) is 0. The van der Waals surface area contributed by atoms with E-state index in [9.17, 15) is 9.59 Å². The van der Waals surface area contributed by atoms with Gasteiger partial charge in [0.2, 0.25) is 11.8 Å². The monoisotopic (exact) mass is 338 g/mol. The second-order valence-corrected chi connectivity index (χ2v) is 7.29. The van der Waals surface area contributed by atoms with Crippen molar-refractivity contribution in [1.29, 1.82) is 0 Å². The standard InChI is InChI=1S/C14H18N4O2S2/c1-7(2)12(20)18-17-10(19)5-21-13-11-8(3)9(4)22-14(11)16-6-15-13/h6-7H,5H2,1-4H3,(H,17,19)(H,18,20). The molecule has 0 atom stereocenters. The Kier molecular flexibility index (Phi) is 5.36. The largest absolute Gasteiger partial charge is 0.273 e. The SMILES string of the molecule is Cc1sc2ncnc(SCC(=O)NNC(=O)C(C)C)c2c1C. The summed E-state index contributed by atoms with van der Waals surface area (Å²) in [5, 5.41) is 1.80. The summed E-state index contributed by atoms with van der Waals surface area (Å²) >= 11 is 2.96. The number of rotatable bonds is 4.